The van der Waals surface area contributed by atoms with E-state index in [1.54, 1.807) is 6.07 Å². The Morgan fingerprint density at radius 1 is 0.938 bits per heavy atom. The van der Waals surface area contributed by atoms with Crippen LogP contribution in [0, 0.1) is 0 Å². The van der Waals surface area contributed by atoms with Crippen LogP contribution in [0.4, 0.5) is 36.3 Å². The van der Waals surface area contributed by atoms with Gasteiger partial charge in [-0.3, -0.25) is 0 Å². The molecule has 0 unspecified atom stereocenters. The fourth-order valence-electron chi connectivity index (χ4n) is 4.08. The molecule has 0 atom stereocenters. The largest absolute Gasteiger partial charge is 0.421 e. The summed E-state index contributed by atoms with van der Waals surface area (Å²) >= 11 is 0. The third kappa shape index (κ3) is 5.21. The summed E-state index contributed by atoms with van der Waals surface area (Å²) in [6.45, 7) is 4.07. The van der Waals surface area contributed by atoms with Crippen LogP contribution >= 0.6 is 0 Å². The van der Waals surface area contributed by atoms with Crippen LogP contribution < -0.4 is 10.6 Å². The van der Waals surface area contributed by atoms with E-state index in [9.17, 15) is 13.2 Å². The Bertz CT molecular complexity index is 1060. The maximum Gasteiger partial charge on any atom is 0.421 e. The second-order valence-electron chi connectivity index (χ2n) is 8.59. The lowest BCUT2D eigenvalue weighted by Crippen LogP contribution is -2.12. The molecule has 2 aromatic carbocycles. The summed E-state index contributed by atoms with van der Waals surface area (Å²) in [4.78, 5) is 8.06. The first-order valence-electron chi connectivity index (χ1n) is 11.0. The molecule has 1 aliphatic carbocycles. The summed E-state index contributed by atoms with van der Waals surface area (Å²) in [6, 6.07) is 15.3. The number of benzene rings is 2. The topological polar surface area (TPSA) is 49.8 Å². The average molecular weight is 441 g/mol. The van der Waals surface area contributed by atoms with E-state index in [1.807, 2.05) is 44.2 Å². The van der Waals surface area contributed by atoms with Crippen LogP contribution in [0.3, 0.4) is 0 Å². The number of alkyl halides is 3. The molecule has 0 bridgehead atoms. The van der Waals surface area contributed by atoms with Crippen molar-refractivity contribution in [3.05, 3.63) is 71.4 Å². The van der Waals surface area contributed by atoms with Crippen molar-refractivity contribution in [3.8, 4) is 0 Å². The molecule has 2 N–H and O–H groups in total. The fourth-order valence-corrected chi connectivity index (χ4v) is 4.08. The normalized spacial score (nSPS) is 14.7. The molecule has 0 saturated heterocycles. The van der Waals surface area contributed by atoms with Crippen LogP contribution in [-0.2, 0) is 6.18 Å². The average Bonchev–Trinajstić information content (AvgIpc) is 3.29. The van der Waals surface area contributed by atoms with Gasteiger partial charge in [0.15, 0.2) is 0 Å². The lowest BCUT2D eigenvalue weighted by molar-refractivity contribution is -0.137. The Labute approximate surface area is 186 Å². The van der Waals surface area contributed by atoms with E-state index in [2.05, 4.69) is 32.7 Å². The second-order valence-corrected chi connectivity index (χ2v) is 8.59. The Kier molecular flexibility index (Phi) is 6.35. The zero-order chi connectivity index (χ0) is 22.7. The van der Waals surface area contributed by atoms with Gasteiger partial charge >= 0.3 is 6.18 Å². The van der Waals surface area contributed by atoms with Crippen molar-refractivity contribution in [2.24, 2.45) is 0 Å². The van der Waals surface area contributed by atoms with E-state index < -0.39 is 11.7 Å². The van der Waals surface area contributed by atoms with E-state index in [4.69, 9.17) is 0 Å². The van der Waals surface area contributed by atoms with Gasteiger partial charge in [0.05, 0.1) is 0 Å². The Morgan fingerprint density at radius 3 is 2.31 bits per heavy atom. The first kappa shape index (κ1) is 22.1. The van der Waals surface area contributed by atoms with Gasteiger partial charge in [-0.2, -0.15) is 18.2 Å². The highest BCUT2D eigenvalue weighted by Gasteiger charge is 2.35. The van der Waals surface area contributed by atoms with E-state index in [-0.39, 0.29) is 17.7 Å². The molecule has 4 nitrogen and oxygen atoms in total. The fraction of sp³-hybridized carbons (Fsp3) is 0.360. The van der Waals surface area contributed by atoms with Crippen molar-refractivity contribution < 1.29 is 13.2 Å². The van der Waals surface area contributed by atoms with Crippen molar-refractivity contribution in [1.82, 2.24) is 9.97 Å². The van der Waals surface area contributed by atoms with E-state index in [0.29, 0.717) is 11.6 Å². The minimum Gasteiger partial charge on any atom is -0.340 e. The second kappa shape index (κ2) is 9.18. The monoisotopic (exact) mass is 440 g/mol. The van der Waals surface area contributed by atoms with Gasteiger partial charge in [-0.25, -0.2) is 4.98 Å². The van der Waals surface area contributed by atoms with Crippen LogP contribution in [0.1, 0.15) is 68.1 Å². The van der Waals surface area contributed by atoms with Crippen molar-refractivity contribution in [1.29, 1.82) is 0 Å². The molecule has 1 aromatic heterocycles. The zero-order valence-corrected chi connectivity index (χ0v) is 18.2. The van der Waals surface area contributed by atoms with Crippen LogP contribution in [0.5, 0.6) is 0 Å². The van der Waals surface area contributed by atoms with Gasteiger partial charge in [-0.15, -0.1) is 0 Å². The number of nitrogens with one attached hydrogen (secondary N) is 2. The van der Waals surface area contributed by atoms with Gasteiger partial charge in [0.2, 0.25) is 5.95 Å². The first-order valence-corrected chi connectivity index (χ1v) is 11.0. The number of anilines is 4. The Balaban J connectivity index is 1.58. The number of hydrogen-bond acceptors (Lipinski definition) is 4. The predicted molar refractivity (Wildman–Crippen MR) is 122 cm³/mol. The molecule has 4 rings (SSSR count). The Morgan fingerprint density at radius 2 is 1.66 bits per heavy atom. The van der Waals surface area contributed by atoms with Crippen molar-refractivity contribution in [2.75, 3.05) is 10.6 Å². The molecule has 1 fully saturated rings. The number of rotatable bonds is 6. The molecule has 1 aliphatic rings. The number of halogens is 3. The molecule has 0 amide bonds. The van der Waals surface area contributed by atoms with Gasteiger partial charge in [0.25, 0.3) is 0 Å². The van der Waals surface area contributed by atoms with Crippen LogP contribution in [-0.4, -0.2) is 9.97 Å². The highest BCUT2D eigenvalue weighted by Crippen LogP contribution is 2.36. The van der Waals surface area contributed by atoms with Crippen LogP contribution in [0.2, 0.25) is 0 Å². The molecule has 0 spiro atoms. The summed E-state index contributed by atoms with van der Waals surface area (Å²) in [6.07, 6.45) is 1.19. The summed E-state index contributed by atoms with van der Waals surface area (Å²) in [5, 5.41) is 5.86. The number of hydrogen-bond donors (Lipinski definition) is 2. The molecule has 168 valence electrons. The van der Waals surface area contributed by atoms with E-state index >= 15 is 0 Å². The highest BCUT2D eigenvalue weighted by molar-refractivity contribution is 5.63. The number of nitrogens with zero attached hydrogens (tertiary/aromatic N) is 2. The molecule has 7 heteroatoms. The molecule has 1 saturated carbocycles. The predicted octanol–water partition coefficient (Wildman–Crippen LogP) is 7.76. The molecule has 3 aromatic rings. The maximum absolute atomic E-state index is 13.6. The Hall–Kier alpha value is -3.09. The molecule has 0 aliphatic heterocycles. The number of aromatic nitrogens is 2. The maximum atomic E-state index is 13.6. The van der Waals surface area contributed by atoms with Crippen molar-refractivity contribution in [2.45, 2.75) is 57.5 Å². The molecule has 1 heterocycles. The smallest absolute Gasteiger partial charge is 0.340 e. The summed E-state index contributed by atoms with van der Waals surface area (Å²) in [5.74, 6) is 0.685. The minimum atomic E-state index is -4.57. The van der Waals surface area contributed by atoms with Gasteiger partial charge < -0.3 is 10.6 Å². The van der Waals surface area contributed by atoms with E-state index in [0.717, 1.165) is 17.4 Å². The standard InChI is InChI=1S/C25H27F3N4/c1-16(2)19-8-5-9-21(14-19)30-23-22(25(26,27)28)15-29-24(32-23)31-20-12-10-18(11-13-20)17-6-3-4-7-17/h5,8-17H,3-4,6-7H2,1-2H3,(H2,29,30,31,32). The lowest BCUT2D eigenvalue weighted by atomic mass is 9.98. The summed E-state index contributed by atoms with van der Waals surface area (Å²) in [5.41, 5.74) is 2.70. The van der Waals surface area contributed by atoms with Gasteiger partial charge in [0, 0.05) is 17.6 Å². The van der Waals surface area contributed by atoms with E-state index in [1.165, 1.54) is 31.2 Å². The summed E-state index contributed by atoms with van der Waals surface area (Å²) < 4.78 is 40.7. The zero-order valence-electron chi connectivity index (χ0n) is 18.2. The van der Waals surface area contributed by atoms with Gasteiger partial charge in [0.1, 0.15) is 11.4 Å². The van der Waals surface area contributed by atoms with Gasteiger partial charge in [-0.1, -0.05) is 51.0 Å². The summed E-state index contributed by atoms with van der Waals surface area (Å²) in [7, 11) is 0. The molecule has 0 radical (unpaired) electrons. The molecular weight excluding hydrogens is 413 g/mol. The van der Waals surface area contributed by atoms with Gasteiger partial charge in [-0.05, 0) is 60.1 Å². The quantitative estimate of drug-likeness (QED) is 0.411. The lowest BCUT2D eigenvalue weighted by Gasteiger charge is -2.16. The van der Waals surface area contributed by atoms with Crippen molar-refractivity contribution >= 4 is 23.1 Å². The van der Waals surface area contributed by atoms with Crippen molar-refractivity contribution in [3.63, 3.8) is 0 Å². The highest BCUT2D eigenvalue weighted by atomic mass is 19.4. The third-order valence-electron chi connectivity index (χ3n) is 5.90. The SMILES string of the molecule is CC(C)c1cccc(Nc2nc(Nc3ccc(C4CCCC4)cc3)ncc2C(F)(F)F)c1. The first-order chi connectivity index (χ1) is 15.3. The molecule has 32 heavy (non-hydrogen) atoms. The minimum absolute atomic E-state index is 0.106. The van der Waals surface area contributed by atoms with Crippen LogP contribution in [0.15, 0.2) is 54.7 Å². The van der Waals surface area contributed by atoms with Crippen LogP contribution in [0.25, 0.3) is 0 Å². The molecular formula is C25H27F3N4. The third-order valence-corrected chi connectivity index (χ3v) is 5.90.